The van der Waals surface area contributed by atoms with Crippen molar-refractivity contribution in [2.24, 2.45) is 0 Å². The third kappa shape index (κ3) is 35.6. The van der Waals surface area contributed by atoms with Gasteiger partial charge < -0.3 is 19.3 Å². The van der Waals surface area contributed by atoms with Crippen LogP contribution in [0.15, 0.2) is 12.2 Å². The summed E-state index contributed by atoms with van der Waals surface area (Å²) in [5.74, 6) is -0.879. The van der Waals surface area contributed by atoms with Crippen molar-refractivity contribution in [3.8, 4) is 0 Å². The van der Waals surface area contributed by atoms with Gasteiger partial charge in [-0.25, -0.2) is 4.57 Å². The molecule has 0 bridgehead atoms. The number of carbonyl (C=O) groups excluding carboxylic acids is 2. The summed E-state index contributed by atoms with van der Waals surface area (Å²) < 4.78 is 26.3. The summed E-state index contributed by atoms with van der Waals surface area (Å²) in [5.41, 5.74) is 0. The van der Waals surface area contributed by atoms with E-state index in [4.69, 9.17) is 19.3 Å². The third-order valence-electron chi connectivity index (χ3n) is 8.28. The van der Waals surface area contributed by atoms with Gasteiger partial charge in [0.1, 0.15) is 6.61 Å². The van der Waals surface area contributed by atoms with Crippen molar-refractivity contribution in [1.82, 2.24) is 0 Å². The molecule has 0 aromatic rings. The average molecular weight is 675 g/mol. The molecule has 0 spiro atoms. The number of phosphoric acid groups is 1. The second-order valence-corrected chi connectivity index (χ2v) is 14.1. The first-order valence-corrected chi connectivity index (χ1v) is 20.5. The largest absolute Gasteiger partial charge is 0.469 e. The van der Waals surface area contributed by atoms with Crippen LogP contribution in [0, 0.1) is 0 Å². The molecule has 0 saturated carbocycles. The normalized spacial score (nSPS) is 12.5. The molecule has 0 rings (SSSR count). The molecule has 0 aromatic heterocycles. The van der Waals surface area contributed by atoms with E-state index in [1.54, 1.807) is 0 Å². The molecule has 0 aliphatic rings. The minimum absolute atomic E-state index is 0.217. The van der Waals surface area contributed by atoms with Crippen LogP contribution in [0.1, 0.15) is 194 Å². The zero-order valence-corrected chi connectivity index (χ0v) is 30.6. The number of hydrogen-bond acceptors (Lipinski definition) is 6. The number of allylic oxidation sites excluding steroid dienone is 2. The first-order chi connectivity index (χ1) is 22.3. The van der Waals surface area contributed by atoms with Gasteiger partial charge in [0.25, 0.3) is 0 Å². The molecule has 0 unspecified atom stereocenters. The van der Waals surface area contributed by atoms with Crippen LogP contribution in [0.4, 0.5) is 0 Å². The second kappa shape index (κ2) is 33.7. The molecule has 0 heterocycles. The highest BCUT2D eigenvalue weighted by molar-refractivity contribution is 7.46. The Bertz CT molecular complexity index is 766. The van der Waals surface area contributed by atoms with Gasteiger partial charge in [-0.15, -0.1) is 0 Å². The molecule has 9 heteroatoms. The zero-order chi connectivity index (χ0) is 34.0. The van der Waals surface area contributed by atoms with E-state index in [9.17, 15) is 14.2 Å². The molecule has 0 aromatic carbocycles. The lowest BCUT2D eigenvalue weighted by molar-refractivity contribution is -0.161. The lowest BCUT2D eigenvalue weighted by atomic mass is 10.0. The van der Waals surface area contributed by atoms with E-state index >= 15 is 0 Å². The zero-order valence-electron chi connectivity index (χ0n) is 29.7. The summed E-state index contributed by atoms with van der Waals surface area (Å²) in [6.07, 6.45) is 35.0. The molecule has 1 atom stereocenters. The monoisotopic (exact) mass is 674 g/mol. The van der Waals surface area contributed by atoms with Gasteiger partial charge in [-0.1, -0.05) is 161 Å². The molecule has 0 aliphatic heterocycles. The number of phosphoric ester groups is 1. The molecule has 0 amide bonds. The Morgan fingerprint density at radius 1 is 0.543 bits per heavy atom. The van der Waals surface area contributed by atoms with Gasteiger partial charge in [0, 0.05) is 12.8 Å². The predicted octanol–water partition coefficient (Wildman–Crippen LogP) is 11.1. The molecular weight excluding hydrogens is 603 g/mol. The number of carbonyl (C=O) groups is 2. The van der Waals surface area contributed by atoms with Crippen molar-refractivity contribution in [3.05, 3.63) is 12.2 Å². The average Bonchev–Trinajstić information content (AvgIpc) is 3.02. The van der Waals surface area contributed by atoms with Gasteiger partial charge >= 0.3 is 19.8 Å². The molecule has 2 N–H and O–H groups in total. The maximum atomic E-state index is 12.3. The first kappa shape index (κ1) is 44.8. The van der Waals surface area contributed by atoms with Crippen molar-refractivity contribution >= 4 is 19.8 Å². The van der Waals surface area contributed by atoms with Crippen molar-refractivity contribution in [2.75, 3.05) is 13.2 Å². The lowest BCUT2D eigenvalue weighted by Crippen LogP contribution is -2.29. The Hall–Kier alpha value is -1.21. The fraction of sp³-hybridized carbons (Fsp3) is 0.892. The number of hydrogen-bond donors (Lipinski definition) is 2. The Kier molecular flexibility index (Phi) is 32.8. The number of rotatable bonds is 35. The Morgan fingerprint density at radius 2 is 0.935 bits per heavy atom. The van der Waals surface area contributed by atoms with E-state index in [0.717, 1.165) is 38.5 Å². The lowest BCUT2D eigenvalue weighted by Gasteiger charge is -2.18. The highest BCUT2D eigenvalue weighted by Gasteiger charge is 2.22. The number of ether oxygens (including phenoxy) is 2. The summed E-state index contributed by atoms with van der Waals surface area (Å²) in [6.45, 7) is 3.65. The van der Waals surface area contributed by atoms with E-state index < -0.39 is 32.5 Å². The van der Waals surface area contributed by atoms with E-state index in [2.05, 4.69) is 30.5 Å². The molecule has 0 saturated heterocycles. The van der Waals surface area contributed by atoms with Crippen molar-refractivity contribution < 1.29 is 37.9 Å². The molecule has 0 radical (unpaired) electrons. The predicted molar refractivity (Wildman–Crippen MR) is 189 cm³/mol. The van der Waals surface area contributed by atoms with Gasteiger partial charge in [-0.05, 0) is 32.1 Å². The van der Waals surface area contributed by atoms with E-state index in [1.807, 2.05) is 0 Å². The second-order valence-electron chi connectivity index (χ2n) is 12.9. The van der Waals surface area contributed by atoms with Crippen LogP contribution in [-0.2, 0) is 28.2 Å². The smallest absolute Gasteiger partial charge is 0.462 e. The van der Waals surface area contributed by atoms with Gasteiger partial charge in [0.15, 0.2) is 6.10 Å². The first-order valence-electron chi connectivity index (χ1n) is 19.0. The molecule has 272 valence electrons. The number of esters is 2. The van der Waals surface area contributed by atoms with Gasteiger partial charge in [0.05, 0.1) is 6.61 Å². The fourth-order valence-corrected chi connectivity index (χ4v) is 5.77. The molecular formula is C37H71O8P. The summed E-state index contributed by atoms with van der Waals surface area (Å²) in [7, 11) is -4.74. The molecule has 0 fully saturated rings. The van der Waals surface area contributed by atoms with Gasteiger partial charge in [-0.2, -0.15) is 0 Å². The molecule has 46 heavy (non-hydrogen) atoms. The molecule has 0 aliphatic carbocycles. The fourth-order valence-electron chi connectivity index (χ4n) is 5.41. The number of unbranched alkanes of at least 4 members (excludes halogenated alkanes) is 23. The maximum Gasteiger partial charge on any atom is 0.469 e. The Morgan fingerprint density at radius 3 is 1.39 bits per heavy atom. The minimum Gasteiger partial charge on any atom is -0.462 e. The van der Waals surface area contributed by atoms with Crippen LogP contribution < -0.4 is 0 Å². The van der Waals surface area contributed by atoms with E-state index in [0.29, 0.717) is 6.42 Å². The van der Waals surface area contributed by atoms with Gasteiger partial charge in [0.2, 0.25) is 0 Å². The Balaban J connectivity index is 3.93. The Labute approximate surface area is 282 Å². The van der Waals surface area contributed by atoms with Crippen LogP contribution in [-0.4, -0.2) is 41.0 Å². The third-order valence-corrected chi connectivity index (χ3v) is 8.77. The minimum atomic E-state index is -4.74. The summed E-state index contributed by atoms with van der Waals surface area (Å²) in [5, 5.41) is 0. The van der Waals surface area contributed by atoms with Crippen molar-refractivity contribution in [3.63, 3.8) is 0 Å². The van der Waals surface area contributed by atoms with Crippen molar-refractivity contribution in [2.45, 2.75) is 200 Å². The van der Waals surface area contributed by atoms with Gasteiger partial charge in [-0.3, -0.25) is 14.1 Å². The van der Waals surface area contributed by atoms with Crippen LogP contribution >= 0.6 is 7.82 Å². The summed E-state index contributed by atoms with van der Waals surface area (Å²) >= 11 is 0. The maximum absolute atomic E-state index is 12.3. The van der Waals surface area contributed by atoms with Crippen molar-refractivity contribution in [1.29, 1.82) is 0 Å². The summed E-state index contributed by atoms with van der Waals surface area (Å²) in [6, 6.07) is 0. The molecule has 8 nitrogen and oxygen atoms in total. The highest BCUT2D eigenvalue weighted by Crippen LogP contribution is 2.36. The van der Waals surface area contributed by atoms with Crippen LogP contribution in [0.3, 0.4) is 0 Å². The van der Waals surface area contributed by atoms with Crippen LogP contribution in [0.5, 0.6) is 0 Å². The quantitative estimate of drug-likeness (QED) is 0.0295. The SMILES string of the molecule is CCCC/C=C/CCCCCCCCCCCC(=O)OC[C@H](COP(=O)(O)O)OC(=O)CCCCCCCCCCCCCCC. The van der Waals surface area contributed by atoms with Crippen LogP contribution in [0.25, 0.3) is 0 Å². The standard InChI is InChI=1S/C37H71O8P/c1-3-5-7-9-11-13-15-17-18-20-21-23-25-27-29-31-36(38)43-33-35(34-44-46(40,41)42)45-37(39)32-30-28-26-24-22-19-16-14-12-10-8-6-4-2/h9,11,35H,3-8,10,12-34H2,1-2H3,(H2,40,41,42)/b11-9+/t35-/m1/s1. The van der Waals surface area contributed by atoms with E-state index in [1.165, 1.54) is 122 Å². The topological polar surface area (TPSA) is 119 Å². The summed E-state index contributed by atoms with van der Waals surface area (Å²) in [4.78, 5) is 42.7. The highest BCUT2D eigenvalue weighted by atomic mass is 31.2. The van der Waals surface area contributed by atoms with Crippen LogP contribution in [0.2, 0.25) is 0 Å². The van der Waals surface area contributed by atoms with E-state index in [-0.39, 0.29) is 19.4 Å².